The number of nitrogens with one attached hydrogen (secondary N) is 1. The average Bonchev–Trinajstić information content (AvgIpc) is 3.06. The highest BCUT2D eigenvalue weighted by molar-refractivity contribution is 7.18. The minimum Gasteiger partial charge on any atom is -0.309 e. The topological polar surface area (TPSA) is 81.8 Å². The second-order valence-electron chi connectivity index (χ2n) is 5.31. The molecule has 0 bridgehead atoms. The maximum absolute atomic E-state index is 12.4. The molecule has 0 fully saturated rings. The minimum absolute atomic E-state index is 0.0801. The maximum Gasteiger partial charge on any atom is 0.262 e. The lowest BCUT2D eigenvalue weighted by Gasteiger charge is -2.07. The Morgan fingerprint density at radius 1 is 1.39 bits per heavy atom. The third kappa shape index (κ3) is 3.02. The number of anilines is 1. The number of thiophene rings is 1. The molecule has 8 heteroatoms. The summed E-state index contributed by atoms with van der Waals surface area (Å²) in [6.45, 7) is 3.80. The molecule has 0 aromatic carbocycles. The van der Waals surface area contributed by atoms with Gasteiger partial charge in [0.05, 0.1) is 17.4 Å². The molecule has 3 aromatic heterocycles. The van der Waals surface area contributed by atoms with E-state index in [1.165, 1.54) is 22.2 Å². The zero-order chi connectivity index (χ0) is 16.6. The molecule has 3 heterocycles. The summed E-state index contributed by atoms with van der Waals surface area (Å²) in [6, 6.07) is 3.63. The van der Waals surface area contributed by atoms with Crippen LogP contribution in [0, 0.1) is 6.92 Å². The molecule has 0 spiro atoms. The fourth-order valence-corrected chi connectivity index (χ4v) is 3.29. The van der Waals surface area contributed by atoms with Crippen LogP contribution < -0.4 is 10.9 Å². The Morgan fingerprint density at radius 3 is 2.83 bits per heavy atom. The quantitative estimate of drug-likeness (QED) is 0.789. The lowest BCUT2D eigenvalue weighted by molar-refractivity contribution is -0.116. The van der Waals surface area contributed by atoms with Gasteiger partial charge in [-0.25, -0.2) is 4.98 Å². The smallest absolute Gasteiger partial charge is 0.262 e. The van der Waals surface area contributed by atoms with E-state index in [9.17, 15) is 9.59 Å². The van der Waals surface area contributed by atoms with Crippen LogP contribution in [-0.4, -0.2) is 25.2 Å². The molecular formula is C15H17N5O2S. The Balaban J connectivity index is 1.83. The molecule has 0 radical (unpaired) electrons. The van der Waals surface area contributed by atoms with Crippen molar-refractivity contribution in [2.45, 2.75) is 26.8 Å². The SMILES string of the molecule is CCc1cc2c(=O)n(CC(=O)Nc3cc(C)nn3C)cnc2s1. The van der Waals surface area contributed by atoms with E-state index in [0.717, 1.165) is 17.0 Å². The summed E-state index contributed by atoms with van der Waals surface area (Å²) in [6.07, 6.45) is 2.29. The second kappa shape index (κ2) is 5.96. The van der Waals surface area contributed by atoms with Gasteiger partial charge >= 0.3 is 0 Å². The van der Waals surface area contributed by atoms with Gasteiger partial charge in [0, 0.05) is 18.0 Å². The van der Waals surface area contributed by atoms with Gasteiger partial charge in [0.2, 0.25) is 5.91 Å². The molecule has 0 aliphatic carbocycles. The number of hydrogen-bond donors (Lipinski definition) is 1. The third-order valence-electron chi connectivity index (χ3n) is 3.50. The van der Waals surface area contributed by atoms with Crippen LogP contribution >= 0.6 is 11.3 Å². The van der Waals surface area contributed by atoms with E-state index in [0.29, 0.717) is 16.0 Å². The Kier molecular flexibility index (Phi) is 3.99. The Morgan fingerprint density at radius 2 is 2.17 bits per heavy atom. The van der Waals surface area contributed by atoms with Gasteiger partial charge in [-0.1, -0.05) is 6.92 Å². The van der Waals surface area contributed by atoms with Gasteiger partial charge in [-0.15, -0.1) is 11.3 Å². The fraction of sp³-hybridized carbons (Fsp3) is 0.333. The van der Waals surface area contributed by atoms with Gasteiger partial charge in [0.1, 0.15) is 17.2 Å². The molecule has 0 saturated heterocycles. The van der Waals surface area contributed by atoms with E-state index >= 15 is 0 Å². The first-order chi connectivity index (χ1) is 11.0. The van der Waals surface area contributed by atoms with Gasteiger partial charge in [-0.2, -0.15) is 5.10 Å². The maximum atomic E-state index is 12.4. The van der Waals surface area contributed by atoms with E-state index in [4.69, 9.17) is 0 Å². The minimum atomic E-state index is -0.290. The van der Waals surface area contributed by atoms with Crippen molar-refractivity contribution in [2.24, 2.45) is 7.05 Å². The number of carbonyl (C=O) groups is 1. The van der Waals surface area contributed by atoms with Crippen LogP contribution in [0.1, 0.15) is 17.5 Å². The van der Waals surface area contributed by atoms with Gasteiger partial charge in [0.15, 0.2) is 0 Å². The predicted molar refractivity (Wildman–Crippen MR) is 89.8 cm³/mol. The van der Waals surface area contributed by atoms with Gasteiger partial charge in [-0.3, -0.25) is 18.8 Å². The van der Waals surface area contributed by atoms with Crippen LogP contribution in [0.3, 0.4) is 0 Å². The Labute approximate surface area is 136 Å². The summed E-state index contributed by atoms with van der Waals surface area (Å²) in [7, 11) is 1.75. The number of fused-ring (bicyclic) bond motifs is 1. The molecule has 7 nitrogen and oxygen atoms in total. The molecule has 3 rings (SSSR count). The number of rotatable bonds is 4. The van der Waals surface area contributed by atoms with Crippen LogP contribution in [0.4, 0.5) is 5.82 Å². The fourth-order valence-electron chi connectivity index (χ4n) is 2.36. The van der Waals surface area contributed by atoms with Crippen molar-refractivity contribution in [3.63, 3.8) is 0 Å². The standard InChI is InChI=1S/C15H17N5O2S/c1-4-10-6-11-14(23-10)16-8-20(15(11)22)7-13(21)17-12-5-9(2)18-19(12)3/h5-6,8H,4,7H2,1-3H3,(H,17,21). The van der Waals surface area contributed by atoms with Gasteiger partial charge in [-0.05, 0) is 19.4 Å². The monoisotopic (exact) mass is 331 g/mol. The van der Waals surface area contributed by atoms with Crippen LogP contribution in [0.25, 0.3) is 10.2 Å². The highest BCUT2D eigenvalue weighted by Gasteiger charge is 2.12. The van der Waals surface area contributed by atoms with Crippen molar-refractivity contribution in [3.8, 4) is 0 Å². The van der Waals surface area contributed by atoms with Crippen LogP contribution in [0.15, 0.2) is 23.3 Å². The van der Waals surface area contributed by atoms with Crippen molar-refractivity contribution >= 4 is 33.3 Å². The molecule has 0 aliphatic rings. The van der Waals surface area contributed by atoms with Gasteiger partial charge < -0.3 is 5.32 Å². The number of aryl methyl sites for hydroxylation is 3. The third-order valence-corrected chi connectivity index (χ3v) is 4.69. The number of amides is 1. The van der Waals surface area contributed by atoms with Crippen molar-refractivity contribution in [1.82, 2.24) is 19.3 Å². The van der Waals surface area contributed by atoms with Gasteiger partial charge in [0.25, 0.3) is 5.56 Å². The molecule has 0 saturated carbocycles. The largest absolute Gasteiger partial charge is 0.309 e. The van der Waals surface area contributed by atoms with Crippen molar-refractivity contribution in [2.75, 3.05) is 5.32 Å². The van der Waals surface area contributed by atoms with E-state index in [1.807, 2.05) is 19.9 Å². The lowest BCUT2D eigenvalue weighted by atomic mass is 10.3. The molecule has 3 aromatic rings. The number of carbonyl (C=O) groups excluding carboxylic acids is 1. The van der Waals surface area contributed by atoms with E-state index in [1.54, 1.807) is 17.8 Å². The van der Waals surface area contributed by atoms with Crippen molar-refractivity contribution < 1.29 is 4.79 Å². The predicted octanol–water partition coefficient (Wildman–Crippen LogP) is 1.70. The van der Waals surface area contributed by atoms with Crippen LogP contribution in [-0.2, 0) is 24.8 Å². The molecule has 0 aliphatic heterocycles. The molecule has 1 N–H and O–H groups in total. The van der Waals surface area contributed by atoms with E-state index in [-0.39, 0.29) is 18.0 Å². The average molecular weight is 331 g/mol. The van der Waals surface area contributed by atoms with Crippen molar-refractivity contribution in [3.05, 3.63) is 39.4 Å². The zero-order valence-corrected chi connectivity index (χ0v) is 14.0. The first kappa shape index (κ1) is 15.4. The molecule has 120 valence electrons. The summed E-state index contributed by atoms with van der Waals surface area (Å²) in [5.41, 5.74) is 0.621. The summed E-state index contributed by atoms with van der Waals surface area (Å²) in [5.74, 6) is 0.306. The summed E-state index contributed by atoms with van der Waals surface area (Å²) >= 11 is 1.51. The highest BCUT2D eigenvalue weighted by Crippen LogP contribution is 2.20. The van der Waals surface area contributed by atoms with E-state index < -0.39 is 0 Å². The molecule has 0 atom stereocenters. The number of hydrogen-bond acceptors (Lipinski definition) is 5. The van der Waals surface area contributed by atoms with Crippen LogP contribution in [0.5, 0.6) is 0 Å². The first-order valence-corrected chi connectivity index (χ1v) is 8.08. The summed E-state index contributed by atoms with van der Waals surface area (Å²) < 4.78 is 2.91. The van der Waals surface area contributed by atoms with Crippen molar-refractivity contribution in [1.29, 1.82) is 0 Å². The van der Waals surface area contributed by atoms with E-state index in [2.05, 4.69) is 15.4 Å². The molecule has 0 unspecified atom stereocenters. The number of nitrogens with zero attached hydrogens (tertiary/aromatic N) is 4. The first-order valence-electron chi connectivity index (χ1n) is 7.26. The summed E-state index contributed by atoms with van der Waals surface area (Å²) in [5, 5.41) is 7.48. The lowest BCUT2D eigenvalue weighted by Crippen LogP contribution is -2.28. The molecular weight excluding hydrogens is 314 g/mol. The summed E-state index contributed by atoms with van der Waals surface area (Å²) in [4.78, 5) is 30.7. The molecule has 23 heavy (non-hydrogen) atoms. The Hall–Kier alpha value is -2.48. The number of aromatic nitrogens is 4. The zero-order valence-electron chi connectivity index (χ0n) is 13.2. The molecule has 1 amide bonds. The second-order valence-corrected chi connectivity index (χ2v) is 6.42. The normalized spacial score (nSPS) is 11.1. The van der Waals surface area contributed by atoms with Crippen LogP contribution in [0.2, 0.25) is 0 Å². The highest BCUT2D eigenvalue weighted by atomic mass is 32.1. The Bertz CT molecular complexity index is 937.